The minimum absolute atomic E-state index is 0.139. The van der Waals surface area contributed by atoms with E-state index in [9.17, 15) is 4.39 Å². The molecular formula is C12H14BrClFN. The van der Waals surface area contributed by atoms with Crippen LogP contribution in [0.3, 0.4) is 0 Å². The van der Waals surface area contributed by atoms with E-state index in [0.717, 1.165) is 36.0 Å². The van der Waals surface area contributed by atoms with Gasteiger partial charge in [0.1, 0.15) is 5.82 Å². The van der Waals surface area contributed by atoms with Crippen molar-refractivity contribution in [1.29, 1.82) is 0 Å². The number of hydrogen-bond donors (Lipinski definition) is 0. The second kappa shape index (κ2) is 5.48. The first-order valence-corrected chi connectivity index (χ1v) is 6.68. The fourth-order valence-electron chi connectivity index (χ4n) is 2.05. The van der Waals surface area contributed by atoms with Gasteiger partial charge in [0.2, 0.25) is 0 Å². The highest BCUT2D eigenvalue weighted by molar-refractivity contribution is 9.10. The fraction of sp³-hybridized carbons (Fsp3) is 0.500. The zero-order valence-electron chi connectivity index (χ0n) is 8.93. The molecule has 0 saturated carbocycles. The van der Waals surface area contributed by atoms with E-state index in [2.05, 4.69) is 20.8 Å². The molecule has 1 unspecified atom stereocenters. The van der Waals surface area contributed by atoms with Gasteiger partial charge in [-0.2, -0.15) is 0 Å². The van der Waals surface area contributed by atoms with E-state index in [-0.39, 0.29) is 11.2 Å². The van der Waals surface area contributed by atoms with Gasteiger partial charge in [0, 0.05) is 28.5 Å². The number of benzene rings is 1. The number of likely N-dealkylation sites (tertiary alicyclic amines) is 1. The molecule has 1 aliphatic heterocycles. The lowest BCUT2D eigenvalue weighted by atomic mass is 10.1. The Kier molecular flexibility index (Phi) is 4.22. The van der Waals surface area contributed by atoms with Crippen LogP contribution in [0.4, 0.5) is 4.39 Å². The van der Waals surface area contributed by atoms with Crippen molar-refractivity contribution in [3.05, 3.63) is 34.1 Å². The first-order valence-electron chi connectivity index (χ1n) is 5.45. The van der Waals surface area contributed by atoms with Gasteiger partial charge in [-0.25, -0.2) is 4.39 Å². The molecule has 0 N–H and O–H groups in total. The number of rotatable bonds is 2. The Hall–Kier alpha value is -0.120. The smallest absolute Gasteiger partial charge is 0.127 e. The SMILES string of the molecule is Fc1ccc(Br)cc1CN1CCCC(Cl)C1. The first kappa shape index (κ1) is 12.3. The second-order valence-electron chi connectivity index (χ2n) is 4.21. The van der Waals surface area contributed by atoms with Crippen molar-refractivity contribution < 1.29 is 4.39 Å². The van der Waals surface area contributed by atoms with Crippen LogP contribution in [-0.2, 0) is 6.54 Å². The molecule has 0 radical (unpaired) electrons. The highest BCUT2D eigenvalue weighted by atomic mass is 79.9. The number of hydrogen-bond acceptors (Lipinski definition) is 1. The Labute approximate surface area is 109 Å². The molecule has 1 aliphatic rings. The summed E-state index contributed by atoms with van der Waals surface area (Å²) in [6.45, 7) is 2.51. The minimum atomic E-state index is -0.139. The molecule has 1 aromatic rings. The molecule has 4 heteroatoms. The van der Waals surface area contributed by atoms with Crippen LogP contribution < -0.4 is 0 Å². The second-order valence-corrected chi connectivity index (χ2v) is 5.74. The molecule has 1 atom stereocenters. The summed E-state index contributed by atoms with van der Waals surface area (Å²) in [6.07, 6.45) is 2.17. The van der Waals surface area contributed by atoms with E-state index < -0.39 is 0 Å². The molecule has 1 saturated heterocycles. The van der Waals surface area contributed by atoms with Crippen molar-refractivity contribution in [2.24, 2.45) is 0 Å². The molecular weight excluding hydrogens is 292 g/mol. The molecule has 1 heterocycles. The maximum absolute atomic E-state index is 13.5. The van der Waals surface area contributed by atoms with E-state index in [1.807, 2.05) is 6.07 Å². The van der Waals surface area contributed by atoms with Crippen LogP contribution in [-0.4, -0.2) is 23.4 Å². The highest BCUT2D eigenvalue weighted by Gasteiger charge is 2.18. The monoisotopic (exact) mass is 305 g/mol. The molecule has 1 nitrogen and oxygen atoms in total. The summed E-state index contributed by atoms with van der Waals surface area (Å²) in [5.41, 5.74) is 0.736. The van der Waals surface area contributed by atoms with Crippen molar-refractivity contribution in [1.82, 2.24) is 4.90 Å². The van der Waals surface area contributed by atoms with Gasteiger partial charge in [0.05, 0.1) is 0 Å². The molecule has 2 rings (SSSR count). The lowest BCUT2D eigenvalue weighted by Crippen LogP contribution is -2.35. The Balaban J connectivity index is 2.05. The van der Waals surface area contributed by atoms with E-state index in [0.29, 0.717) is 6.54 Å². The van der Waals surface area contributed by atoms with Crippen LogP contribution >= 0.6 is 27.5 Å². The number of halogens is 3. The van der Waals surface area contributed by atoms with Crippen molar-refractivity contribution in [2.75, 3.05) is 13.1 Å². The normalized spacial score (nSPS) is 22.3. The third-order valence-corrected chi connectivity index (χ3v) is 3.70. The zero-order valence-corrected chi connectivity index (χ0v) is 11.3. The summed E-state index contributed by atoms with van der Waals surface area (Å²) >= 11 is 9.47. The summed E-state index contributed by atoms with van der Waals surface area (Å²) in [5, 5.41) is 0.212. The summed E-state index contributed by atoms with van der Waals surface area (Å²) in [7, 11) is 0. The van der Waals surface area contributed by atoms with E-state index >= 15 is 0 Å². The minimum Gasteiger partial charge on any atom is -0.298 e. The van der Waals surface area contributed by atoms with E-state index in [4.69, 9.17) is 11.6 Å². The molecule has 16 heavy (non-hydrogen) atoms. The standard InChI is InChI=1S/C12H14BrClFN/c13-10-3-4-12(15)9(6-10)7-16-5-1-2-11(14)8-16/h3-4,6,11H,1-2,5,7-8H2. The van der Waals surface area contributed by atoms with Crippen molar-refractivity contribution in [3.63, 3.8) is 0 Å². The average Bonchev–Trinajstić information content (AvgIpc) is 2.24. The Morgan fingerprint density at radius 2 is 2.31 bits per heavy atom. The van der Waals surface area contributed by atoms with Gasteiger partial charge in [0.25, 0.3) is 0 Å². The molecule has 1 fully saturated rings. The number of alkyl halides is 1. The molecule has 0 amide bonds. The van der Waals surface area contributed by atoms with Gasteiger partial charge in [-0.1, -0.05) is 15.9 Å². The van der Waals surface area contributed by atoms with Gasteiger partial charge in [-0.3, -0.25) is 4.90 Å². The predicted molar refractivity (Wildman–Crippen MR) is 68.3 cm³/mol. The maximum Gasteiger partial charge on any atom is 0.127 e. The van der Waals surface area contributed by atoms with Crippen LogP contribution in [0, 0.1) is 5.82 Å². The lowest BCUT2D eigenvalue weighted by Gasteiger charge is -2.29. The van der Waals surface area contributed by atoms with Gasteiger partial charge >= 0.3 is 0 Å². The lowest BCUT2D eigenvalue weighted by molar-refractivity contribution is 0.221. The van der Waals surface area contributed by atoms with Crippen LogP contribution in [0.5, 0.6) is 0 Å². The molecule has 0 bridgehead atoms. The quantitative estimate of drug-likeness (QED) is 0.751. The third kappa shape index (κ3) is 3.19. The van der Waals surface area contributed by atoms with Crippen molar-refractivity contribution in [3.8, 4) is 0 Å². The van der Waals surface area contributed by atoms with Gasteiger partial charge in [-0.15, -0.1) is 11.6 Å². The third-order valence-electron chi connectivity index (χ3n) is 2.85. The largest absolute Gasteiger partial charge is 0.298 e. The van der Waals surface area contributed by atoms with Crippen LogP contribution in [0.25, 0.3) is 0 Å². The van der Waals surface area contributed by atoms with E-state index in [1.54, 1.807) is 6.07 Å². The molecule has 0 spiro atoms. The molecule has 1 aromatic carbocycles. The van der Waals surface area contributed by atoms with Gasteiger partial charge < -0.3 is 0 Å². The Morgan fingerprint density at radius 3 is 3.06 bits per heavy atom. The van der Waals surface area contributed by atoms with Crippen molar-refractivity contribution >= 4 is 27.5 Å². The average molecular weight is 307 g/mol. The summed E-state index contributed by atoms with van der Waals surface area (Å²) < 4.78 is 14.5. The topological polar surface area (TPSA) is 3.24 Å². The summed E-state index contributed by atoms with van der Waals surface area (Å²) in [5.74, 6) is -0.139. The summed E-state index contributed by atoms with van der Waals surface area (Å²) in [6, 6.07) is 5.06. The Bertz CT molecular complexity index is 372. The molecule has 88 valence electrons. The van der Waals surface area contributed by atoms with Crippen LogP contribution in [0.1, 0.15) is 18.4 Å². The number of piperidine rings is 1. The zero-order chi connectivity index (χ0) is 11.5. The summed E-state index contributed by atoms with van der Waals surface area (Å²) in [4.78, 5) is 2.21. The maximum atomic E-state index is 13.5. The van der Waals surface area contributed by atoms with Crippen molar-refractivity contribution in [2.45, 2.75) is 24.8 Å². The predicted octanol–water partition coefficient (Wildman–Crippen LogP) is 3.79. The van der Waals surface area contributed by atoms with Crippen LogP contribution in [0.15, 0.2) is 22.7 Å². The highest BCUT2D eigenvalue weighted by Crippen LogP contribution is 2.21. The Morgan fingerprint density at radius 1 is 1.50 bits per heavy atom. The molecule has 0 aliphatic carbocycles. The van der Waals surface area contributed by atoms with Crippen LogP contribution in [0.2, 0.25) is 0 Å². The fourth-order valence-corrected chi connectivity index (χ4v) is 2.81. The molecule has 0 aromatic heterocycles. The van der Waals surface area contributed by atoms with E-state index in [1.165, 1.54) is 6.07 Å². The first-order chi connectivity index (χ1) is 7.65. The van der Waals surface area contributed by atoms with Gasteiger partial charge in [0.15, 0.2) is 0 Å². The number of nitrogens with zero attached hydrogens (tertiary/aromatic N) is 1. The van der Waals surface area contributed by atoms with Gasteiger partial charge in [-0.05, 0) is 37.6 Å².